The van der Waals surface area contributed by atoms with Crippen molar-refractivity contribution in [3.63, 3.8) is 0 Å². The van der Waals surface area contributed by atoms with Crippen molar-refractivity contribution in [3.8, 4) is 0 Å². The van der Waals surface area contributed by atoms with Gasteiger partial charge in [-0.15, -0.1) is 0 Å². The Balaban J connectivity index is 1.36. The molecule has 3 aliphatic rings. The van der Waals surface area contributed by atoms with Gasteiger partial charge in [0.1, 0.15) is 12.1 Å². The van der Waals surface area contributed by atoms with Crippen LogP contribution in [-0.4, -0.2) is 64.8 Å². The van der Waals surface area contributed by atoms with Gasteiger partial charge in [-0.25, -0.2) is 4.79 Å². The number of urea groups is 1. The van der Waals surface area contributed by atoms with Gasteiger partial charge in [-0.1, -0.05) is 49.6 Å². The standard InChI is InChI=1S/C24H33N3O3/c1-25(20-13-11-19(12-14-20)18-9-5-3-6-10-18)21(28)17-27-22(29)24(26(2)23(27)30)15-7-4-8-16-24/h3,5-6,9-10,19-20H,4,7-8,11-17H2,1-2H3. The summed E-state index contributed by atoms with van der Waals surface area (Å²) in [7, 11) is 3.53. The van der Waals surface area contributed by atoms with Gasteiger partial charge in [0, 0.05) is 20.1 Å². The predicted molar refractivity (Wildman–Crippen MR) is 115 cm³/mol. The third-order valence-corrected chi connectivity index (χ3v) is 7.69. The highest BCUT2D eigenvalue weighted by Crippen LogP contribution is 2.39. The number of nitrogens with zero attached hydrogens (tertiary/aromatic N) is 3. The topological polar surface area (TPSA) is 60.9 Å². The second-order valence-corrected chi connectivity index (χ2v) is 9.25. The molecule has 4 amide bonds. The van der Waals surface area contributed by atoms with Gasteiger partial charge < -0.3 is 9.80 Å². The highest BCUT2D eigenvalue weighted by Gasteiger charge is 2.56. The van der Waals surface area contributed by atoms with E-state index in [-0.39, 0.29) is 30.4 Å². The van der Waals surface area contributed by atoms with Crippen molar-refractivity contribution in [2.75, 3.05) is 20.6 Å². The number of amides is 4. The van der Waals surface area contributed by atoms with Crippen LogP contribution in [0.3, 0.4) is 0 Å². The minimum Gasteiger partial charge on any atom is -0.341 e. The van der Waals surface area contributed by atoms with Crippen LogP contribution in [0.2, 0.25) is 0 Å². The van der Waals surface area contributed by atoms with Crippen LogP contribution in [0.15, 0.2) is 30.3 Å². The number of imide groups is 1. The van der Waals surface area contributed by atoms with Crippen LogP contribution in [-0.2, 0) is 9.59 Å². The van der Waals surface area contributed by atoms with E-state index in [9.17, 15) is 14.4 Å². The zero-order valence-corrected chi connectivity index (χ0v) is 18.2. The Morgan fingerprint density at radius 2 is 1.67 bits per heavy atom. The Kier molecular flexibility index (Phi) is 5.85. The van der Waals surface area contributed by atoms with Gasteiger partial charge in [0.15, 0.2) is 0 Å². The minimum atomic E-state index is -0.720. The molecule has 0 radical (unpaired) electrons. The number of carbonyl (C=O) groups is 3. The fourth-order valence-corrected chi connectivity index (χ4v) is 5.64. The van der Waals surface area contributed by atoms with Crippen LogP contribution in [0.5, 0.6) is 0 Å². The fourth-order valence-electron chi connectivity index (χ4n) is 5.64. The molecule has 0 aromatic heterocycles. The molecule has 6 nitrogen and oxygen atoms in total. The van der Waals surface area contributed by atoms with Gasteiger partial charge in [-0.3, -0.25) is 14.5 Å². The lowest BCUT2D eigenvalue weighted by Crippen LogP contribution is -2.50. The van der Waals surface area contributed by atoms with E-state index in [2.05, 4.69) is 24.3 Å². The number of hydrogen-bond acceptors (Lipinski definition) is 3. The normalized spacial score (nSPS) is 26.3. The number of likely N-dealkylation sites (N-methyl/N-ethyl adjacent to an activating group) is 2. The van der Waals surface area contributed by atoms with Gasteiger partial charge >= 0.3 is 6.03 Å². The number of benzene rings is 1. The highest BCUT2D eigenvalue weighted by molar-refractivity contribution is 6.08. The monoisotopic (exact) mass is 411 g/mol. The van der Waals surface area contributed by atoms with Gasteiger partial charge in [0.25, 0.3) is 5.91 Å². The van der Waals surface area contributed by atoms with Gasteiger partial charge in [0.2, 0.25) is 5.91 Å². The van der Waals surface area contributed by atoms with Crippen molar-refractivity contribution in [2.45, 2.75) is 75.3 Å². The van der Waals surface area contributed by atoms with E-state index in [0.29, 0.717) is 18.8 Å². The van der Waals surface area contributed by atoms with E-state index in [1.807, 2.05) is 13.1 Å². The molecule has 0 unspecified atom stereocenters. The Morgan fingerprint density at radius 3 is 2.30 bits per heavy atom. The first-order valence-electron chi connectivity index (χ1n) is 11.3. The molecule has 0 atom stereocenters. The molecule has 0 bridgehead atoms. The summed E-state index contributed by atoms with van der Waals surface area (Å²) in [5.41, 5.74) is 0.654. The lowest BCUT2D eigenvalue weighted by atomic mass is 9.80. The second kappa shape index (κ2) is 8.40. The molecule has 4 rings (SSSR count). The van der Waals surface area contributed by atoms with E-state index in [1.54, 1.807) is 16.8 Å². The van der Waals surface area contributed by atoms with Gasteiger partial charge in [-0.2, -0.15) is 0 Å². The molecule has 30 heavy (non-hydrogen) atoms. The van der Waals surface area contributed by atoms with E-state index in [4.69, 9.17) is 0 Å². The maximum atomic E-state index is 13.1. The summed E-state index contributed by atoms with van der Waals surface area (Å²) in [5, 5.41) is 0. The smallest absolute Gasteiger partial charge is 0.327 e. The molecular formula is C24H33N3O3. The lowest BCUT2D eigenvalue weighted by molar-refractivity contribution is -0.141. The Morgan fingerprint density at radius 1 is 1.03 bits per heavy atom. The lowest BCUT2D eigenvalue weighted by Gasteiger charge is -2.36. The van der Waals surface area contributed by atoms with E-state index in [1.165, 1.54) is 10.5 Å². The molecule has 1 spiro atoms. The molecule has 1 heterocycles. The predicted octanol–water partition coefficient (Wildman–Crippen LogP) is 3.77. The second-order valence-electron chi connectivity index (χ2n) is 9.25. The van der Waals surface area contributed by atoms with Gasteiger partial charge in [-0.05, 0) is 50.0 Å². The van der Waals surface area contributed by atoms with Crippen molar-refractivity contribution in [1.82, 2.24) is 14.7 Å². The summed E-state index contributed by atoms with van der Waals surface area (Å²) in [5.74, 6) is 0.234. The molecule has 6 heteroatoms. The third kappa shape index (κ3) is 3.61. The van der Waals surface area contributed by atoms with Crippen LogP contribution in [0.25, 0.3) is 0 Å². The molecule has 1 aromatic rings. The quantitative estimate of drug-likeness (QED) is 0.709. The SMILES string of the molecule is CN(C(=O)CN1C(=O)N(C)C2(CCCCC2)C1=O)C1CCC(c2ccccc2)CC1. The number of hydrogen-bond donors (Lipinski definition) is 0. The Hall–Kier alpha value is -2.37. The fraction of sp³-hybridized carbons (Fsp3) is 0.625. The Labute approximate surface area is 179 Å². The van der Waals surface area contributed by atoms with E-state index >= 15 is 0 Å². The third-order valence-electron chi connectivity index (χ3n) is 7.69. The van der Waals surface area contributed by atoms with Crippen LogP contribution >= 0.6 is 0 Å². The van der Waals surface area contributed by atoms with Crippen molar-refractivity contribution in [3.05, 3.63) is 35.9 Å². The highest BCUT2D eigenvalue weighted by atomic mass is 16.2. The number of rotatable bonds is 4. The maximum Gasteiger partial charge on any atom is 0.327 e. The minimum absolute atomic E-state index is 0.138. The molecule has 2 aliphatic carbocycles. The zero-order valence-electron chi connectivity index (χ0n) is 18.2. The molecule has 1 saturated heterocycles. The van der Waals surface area contributed by atoms with Crippen LogP contribution in [0.1, 0.15) is 69.3 Å². The summed E-state index contributed by atoms with van der Waals surface area (Å²) < 4.78 is 0. The van der Waals surface area contributed by atoms with Crippen LogP contribution in [0.4, 0.5) is 4.79 Å². The summed E-state index contributed by atoms with van der Waals surface area (Å²) in [6.07, 6.45) is 8.44. The van der Waals surface area contributed by atoms with E-state index in [0.717, 1.165) is 44.9 Å². The first-order chi connectivity index (χ1) is 14.4. The molecule has 1 aliphatic heterocycles. The average Bonchev–Trinajstić information content (AvgIpc) is 2.96. The largest absolute Gasteiger partial charge is 0.341 e. The Bertz CT molecular complexity index is 795. The zero-order chi connectivity index (χ0) is 21.3. The summed E-state index contributed by atoms with van der Waals surface area (Å²) in [4.78, 5) is 43.4. The molecular weight excluding hydrogens is 378 g/mol. The van der Waals surface area contributed by atoms with Crippen LogP contribution < -0.4 is 0 Å². The molecule has 3 fully saturated rings. The van der Waals surface area contributed by atoms with Gasteiger partial charge in [0.05, 0.1) is 0 Å². The molecule has 0 N–H and O–H groups in total. The van der Waals surface area contributed by atoms with Crippen LogP contribution in [0, 0.1) is 0 Å². The summed E-state index contributed by atoms with van der Waals surface area (Å²) in [6.45, 7) is -0.140. The maximum absolute atomic E-state index is 13.1. The van der Waals surface area contributed by atoms with Crippen molar-refractivity contribution in [2.24, 2.45) is 0 Å². The average molecular weight is 412 g/mol. The van der Waals surface area contributed by atoms with E-state index < -0.39 is 5.54 Å². The van der Waals surface area contributed by atoms with Crippen molar-refractivity contribution < 1.29 is 14.4 Å². The van der Waals surface area contributed by atoms with Crippen molar-refractivity contribution >= 4 is 17.8 Å². The molecule has 162 valence electrons. The molecule has 1 aromatic carbocycles. The first-order valence-corrected chi connectivity index (χ1v) is 11.3. The number of carbonyl (C=O) groups excluding carboxylic acids is 3. The van der Waals surface area contributed by atoms with Crippen molar-refractivity contribution in [1.29, 1.82) is 0 Å². The summed E-state index contributed by atoms with van der Waals surface area (Å²) in [6, 6.07) is 10.4. The summed E-state index contributed by atoms with van der Waals surface area (Å²) >= 11 is 0. The first kappa shape index (κ1) is 20.9. The molecule has 2 saturated carbocycles.